The van der Waals surface area contributed by atoms with Crippen LogP contribution in [0.3, 0.4) is 0 Å². The molecule has 1 aromatic heterocycles. The van der Waals surface area contributed by atoms with Crippen LogP contribution in [0.2, 0.25) is 0 Å². The second-order valence-electron chi connectivity index (χ2n) is 5.57. The topological polar surface area (TPSA) is 41.3 Å². The molecule has 0 saturated heterocycles. The smallest absolute Gasteiger partial charge is 0.126 e. The van der Waals surface area contributed by atoms with Crippen molar-refractivity contribution < 1.29 is 9.50 Å². The Morgan fingerprint density at radius 3 is 2.81 bits per heavy atom. The Morgan fingerprint density at radius 1 is 1.43 bits per heavy atom. The fraction of sp³-hybridized carbons (Fsp3) is 0.438. The molecule has 0 bridgehead atoms. The molecule has 1 unspecified atom stereocenters. The standard InChI is InChI=1S/C16H22FN3O/c1-12-4-5-14(8-15(12)17)16(21)6-7-19(2)10-13-9-18-20(3)11-13/h4-5,8-9,11,16,21H,6-7,10H2,1-3H3. The SMILES string of the molecule is Cc1ccc(C(O)CCN(C)Cc2cnn(C)c2)cc1F. The number of benzene rings is 1. The summed E-state index contributed by atoms with van der Waals surface area (Å²) in [5.41, 5.74) is 2.36. The molecule has 0 spiro atoms. The van der Waals surface area contributed by atoms with E-state index in [2.05, 4.69) is 10.00 Å². The van der Waals surface area contributed by atoms with E-state index in [0.29, 0.717) is 17.5 Å². The van der Waals surface area contributed by atoms with E-state index in [0.717, 1.165) is 18.7 Å². The van der Waals surface area contributed by atoms with Gasteiger partial charge in [-0.3, -0.25) is 4.68 Å². The van der Waals surface area contributed by atoms with Crippen molar-refractivity contribution in [3.05, 3.63) is 53.1 Å². The van der Waals surface area contributed by atoms with Gasteiger partial charge in [-0.1, -0.05) is 12.1 Å². The van der Waals surface area contributed by atoms with Gasteiger partial charge in [0.1, 0.15) is 5.82 Å². The predicted octanol–water partition coefficient (Wildman–Crippen LogP) is 2.42. The maximum absolute atomic E-state index is 13.5. The maximum atomic E-state index is 13.5. The number of hydrogen-bond acceptors (Lipinski definition) is 3. The maximum Gasteiger partial charge on any atom is 0.126 e. The molecule has 1 heterocycles. The molecule has 0 saturated carbocycles. The summed E-state index contributed by atoms with van der Waals surface area (Å²) in [5.74, 6) is -0.268. The number of aryl methyl sites for hydroxylation is 2. The first-order valence-electron chi connectivity index (χ1n) is 7.06. The third-order valence-electron chi connectivity index (χ3n) is 3.58. The van der Waals surface area contributed by atoms with Gasteiger partial charge in [0.05, 0.1) is 12.3 Å². The van der Waals surface area contributed by atoms with Crippen LogP contribution in [0.15, 0.2) is 30.6 Å². The summed E-state index contributed by atoms with van der Waals surface area (Å²) in [5, 5.41) is 14.3. The molecular formula is C16H22FN3O. The zero-order valence-electron chi connectivity index (χ0n) is 12.8. The van der Waals surface area contributed by atoms with Crippen LogP contribution in [0, 0.1) is 12.7 Å². The lowest BCUT2D eigenvalue weighted by Gasteiger charge is -2.18. The molecule has 5 heteroatoms. The van der Waals surface area contributed by atoms with Crippen molar-refractivity contribution in [2.45, 2.75) is 26.0 Å². The molecule has 21 heavy (non-hydrogen) atoms. The van der Waals surface area contributed by atoms with E-state index in [1.54, 1.807) is 23.7 Å². The summed E-state index contributed by atoms with van der Waals surface area (Å²) < 4.78 is 15.3. The van der Waals surface area contributed by atoms with Crippen molar-refractivity contribution in [1.82, 2.24) is 14.7 Å². The van der Waals surface area contributed by atoms with Gasteiger partial charge in [0.25, 0.3) is 0 Å². The highest BCUT2D eigenvalue weighted by Crippen LogP contribution is 2.19. The Bertz CT molecular complexity index is 597. The molecule has 1 aromatic carbocycles. The number of rotatable bonds is 6. The molecule has 0 aliphatic heterocycles. The molecule has 2 rings (SSSR count). The van der Waals surface area contributed by atoms with Crippen LogP contribution in [0.4, 0.5) is 4.39 Å². The molecule has 0 radical (unpaired) electrons. The van der Waals surface area contributed by atoms with Crippen LogP contribution in [0.5, 0.6) is 0 Å². The molecule has 114 valence electrons. The molecule has 1 atom stereocenters. The van der Waals surface area contributed by atoms with Crippen molar-refractivity contribution in [2.24, 2.45) is 7.05 Å². The zero-order chi connectivity index (χ0) is 15.4. The minimum Gasteiger partial charge on any atom is -0.388 e. The first kappa shape index (κ1) is 15.7. The molecule has 1 N–H and O–H groups in total. The van der Waals surface area contributed by atoms with Crippen molar-refractivity contribution >= 4 is 0 Å². The summed E-state index contributed by atoms with van der Waals surface area (Å²) in [7, 11) is 3.88. The highest BCUT2D eigenvalue weighted by molar-refractivity contribution is 5.24. The van der Waals surface area contributed by atoms with Crippen LogP contribution in [-0.4, -0.2) is 33.4 Å². The summed E-state index contributed by atoms with van der Waals surface area (Å²) >= 11 is 0. The summed E-state index contributed by atoms with van der Waals surface area (Å²) in [6, 6.07) is 4.90. The van der Waals surface area contributed by atoms with Crippen LogP contribution >= 0.6 is 0 Å². The number of hydrogen-bond donors (Lipinski definition) is 1. The highest BCUT2D eigenvalue weighted by Gasteiger charge is 2.11. The first-order valence-corrected chi connectivity index (χ1v) is 7.06. The van der Waals surface area contributed by atoms with E-state index >= 15 is 0 Å². The van der Waals surface area contributed by atoms with Gasteiger partial charge in [-0.25, -0.2) is 4.39 Å². The second kappa shape index (κ2) is 6.83. The fourth-order valence-corrected chi connectivity index (χ4v) is 2.27. The van der Waals surface area contributed by atoms with Crippen molar-refractivity contribution in [3.8, 4) is 0 Å². The average Bonchev–Trinajstić information content (AvgIpc) is 2.84. The Labute approximate surface area is 124 Å². The van der Waals surface area contributed by atoms with Gasteiger partial charge >= 0.3 is 0 Å². The highest BCUT2D eigenvalue weighted by atomic mass is 19.1. The van der Waals surface area contributed by atoms with Gasteiger partial charge in [-0.15, -0.1) is 0 Å². The lowest BCUT2D eigenvalue weighted by molar-refractivity contribution is 0.147. The molecule has 0 aliphatic carbocycles. The van der Waals surface area contributed by atoms with E-state index in [9.17, 15) is 9.50 Å². The van der Waals surface area contributed by atoms with E-state index in [-0.39, 0.29) is 5.82 Å². The van der Waals surface area contributed by atoms with Crippen molar-refractivity contribution in [3.63, 3.8) is 0 Å². The minimum atomic E-state index is -0.642. The molecule has 2 aromatic rings. The predicted molar refractivity (Wildman–Crippen MR) is 80.3 cm³/mol. The normalized spacial score (nSPS) is 12.9. The molecule has 0 amide bonds. The largest absolute Gasteiger partial charge is 0.388 e. The molecule has 0 fully saturated rings. The van der Waals surface area contributed by atoms with Crippen LogP contribution in [0.25, 0.3) is 0 Å². The first-order chi connectivity index (χ1) is 9.95. The van der Waals surface area contributed by atoms with Crippen LogP contribution < -0.4 is 0 Å². The summed E-state index contributed by atoms with van der Waals surface area (Å²) in [4.78, 5) is 2.12. The molecule has 0 aliphatic rings. The Hall–Kier alpha value is -1.72. The third-order valence-corrected chi connectivity index (χ3v) is 3.58. The molecule has 4 nitrogen and oxygen atoms in total. The number of aliphatic hydroxyl groups is 1. The lowest BCUT2D eigenvalue weighted by Crippen LogP contribution is -2.20. The number of nitrogens with zero attached hydrogens (tertiary/aromatic N) is 3. The van der Waals surface area contributed by atoms with Gasteiger partial charge in [-0.2, -0.15) is 5.10 Å². The quantitative estimate of drug-likeness (QED) is 0.888. The van der Waals surface area contributed by atoms with Crippen molar-refractivity contribution in [1.29, 1.82) is 0 Å². The zero-order valence-corrected chi connectivity index (χ0v) is 12.8. The third kappa shape index (κ3) is 4.37. The fourth-order valence-electron chi connectivity index (χ4n) is 2.27. The van der Waals surface area contributed by atoms with Gasteiger partial charge < -0.3 is 10.0 Å². The van der Waals surface area contributed by atoms with Crippen LogP contribution in [0.1, 0.15) is 29.2 Å². The number of aromatic nitrogens is 2. The minimum absolute atomic E-state index is 0.268. The van der Waals surface area contributed by atoms with Crippen LogP contribution in [-0.2, 0) is 13.6 Å². The van der Waals surface area contributed by atoms with Gasteiger partial charge in [0, 0.05) is 31.9 Å². The Balaban J connectivity index is 1.85. The summed E-state index contributed by atoms with van der Waals surface area (Å²) in [6.07, 6.45) is 3.74. The van der Waals surface area contributed by atoms with E-state index < -0.39 is 6.10 Å². The van der Waals surface area contributed by atoms with E-state index in [1.165, 1.54) is 6.07 Å². The Morgan fingerprint density at radius 2 is 2.19 bits per heavy atom. The molecular weight excluding hydrogens is 269 g/mol. The van der Waals surface area contributed by atoms with Gasteiger partial charge in [0.15, 0.2) is 0 Å². The lowest BCUT2D eigenvalue weighted by atomic mass is 10.0. The monoisotopic (exact) mass is 291 g/mol. The number of aliphatic hydroxyl groups excluding tert-OH is 1. The number of halogens is 1. The van der Waals surface area contributed by atoms with E-state index in [1.807, 2.05) is 26.5 Å². The van der Waals surface area contributed by atoms with Gasteiger partial charge in [-0.05, 0) is 37.6 Å². The second-order valence-corrected chi connectivity index (χ2v) is 5.57. The summed E-state index contributed by atoms with van der Waals surface area (Å²) in [6.45, 7) is 3.22. The van der Waals surface area contributed by atoms with E-state index in [4.69, 9.17) is 0 Å². The Kier molecular flexibility index (Phi) is 5.09. The van der Waals surface area contributed by atoms with Gasteiger partial charge in [0.2, 0.25) is 0 Å². The average molecular weight is 291 g/mol. The van der Waals surface area contributed by atoms with Crippen molar-refractivity contribution in [2.75, 3.05) is 13.6 Å².